The molecule has 0 heterocycles. The lowest BCUT2D eigenvalue weighted by molar-refractivity contribution is 0.300. The van der Waals surface area contributed by atoms with Crippen LogP contribution in [0.25, 0.3) is 11.8 Å². The van der Waals surface area contributed by atoms with Crippen molar-refractivity contribution in [2.24, 2.45) is 0 Å². The summed E-state index contributed by atoms with van der Waals surface area (Å²) in [6, 6.07) is 16.2. The predicted octanol–water partition coefficient (Wildman–Crippen LogP) is 4.36. The summed E-state index contributed by atoms with van der Waals surface area (Å²) < 4.78 is 18.5. The Bertz CT molecular complexity index is 515. The van der Waals surface area contributed by atoms with Gasteiger partial charge in [0.05, 0.1) is 6.61 Å². The largest absolute Gasteiger partial charge is 0.493 e. The molecule has 0 bridgehead atoms. The van der Waals surface area contributed by atoms with Crippen LogP contribution in [-0.4, -0.2) is 6.61 Å². The van der Waals surface area contributed by atoms with Gasteiger partial charge in [0.2, 0.25) is 0 Å². The van der Waals surface area contributed by atoms with E-state index < -0.39 is 0 Å². The zero-order valence-electron chi connectivity index (χ0n) is 10.3. The fourth-order valence-corrected chi connectivity index (χ4v) is 1.68. The molecule has 0 aliphatic carbocycles. The number of halogens is 1. The minimum absolute atomic E-state index is 0.241. The van der Waals surface area contributed by atoms with Gasteiger partial charge in [0, 0.05) is 5.56 Å². The molecule has 2 heteroatoms. The Labute approximate surface area is 107 Å². The van der Waals surface area contributed by atoms with Gasteiger partial charge >= 0.3 is 0 Å². The Morgan fingerprint density at radius 2 is 1.72 bits per heavy atom. The second kappa shape index (κ2) is 6.01. The summed E-state index contributed by atoms with van der Waals surface area (Å²) in [6.45, 7) is 2.51. The van der Waals surface area contributed by atoms with Gasteiger partial charge in [0.1, 0.15) is 11.6 Å². The summed E-state index contributed by atoms with van der Waals surface area (Å²) >= 11 is 0. The number of hydrogen-bond acceptors (Lipinski definition) is 1. The summed E-state index contributed by atoms with van der Waals surface area (Å²) in [5.41, 5.74) is 1.94. The molecule has 1 nitrogen and oxygen atoms in total. The Balaban J connectivity index is 2.33. The normalized spacial score (nSPS) is 11.3. The molecule has 0 saturated heterocycles. The molecule has 0 radical (unpaired) electrons. The Kier molecular flexibility index (Phi) is 4.13. The van der Waals surface area contributed by atoms with Gasteiger partial charge in [-0.05, 0) is 42.8 Å². The maximum Gasteiger partial charge on any atom is 0.127 e. The first-order valence-corrected chi connectivity index (χ1v) is 5.95. The Morgan fingerprint density at radius 3 is 2.33 bits per heavy atom. The molecule has 2 rings (SSSR count). The van der Waals surface area contributed by atoms with E-state index in [0.717, 1.165) is 16.9 Å². The van der Waals surface area contributed by atoms with Crippen molar-refractivity contribution in [3.63, 3.8) is 0 Å². The third-order valence-corrected chi connectivity index (χ3v) is 2.53. The van der Waals surface area contributed by atoms with Crippen LogP contribution in [0.5, 0.6) is 0 Å². The van der Waals surface area contributed by atoms with Crippen molar-refractivity contribution in [2.75, 3.05) is 6.61 Å². The van der Waals surface area contributed by atoms with E-state index in [1.165, 1.54) is 12.1 Å². The first-order chi connectivity index (χ1) is 8.79. The van der Waals surface area contributed by atoms with Crippen LogP contribution < -0.4 is 0 Å². The van der Waals surface area contributed by atoms with Crippen molar-refractivity contribution in [1.82, 2.24) is 0 Å². The molecule has 0 N–H and O–H groups in total. The van der Waals surface area contributed by atoms with Crippen molar-refractivity contribution in [2.45, 2.75) is 6.92 Å². The molecular weight excluding hydrogens is 227 g/mol. The molecule has 92 valence electrons. The first kappa shape index (κ1) is 12.4. The van der Waals surface area contributed by atoms with Gasteiger partial charge in [-0.2, -0.15) is 0 Å². The van der Waals surface area contributed by atoms with Crippen molar-refractivity contribution < 1.29 is 9.13 Å². The molecule has 0 aromatic heterocycles. The number of ether oxygens (including phenoxy) is 1. The van der Waals surface area contributed by atoms with Gasteiger partial charge in [0.25, 0.3) is 0 Å². The lowest BCUT2D eigenvalue weighted by Crippen LogP contribution is -1.92. The molecule has 0 aliphatic rings. The third kappa shape index (κ3) is 3.20. The number of hydrogen-bond donors (Lipinski definition) is 0. The van der Waals surface area contributed by atoms with E-state index in [2.05, 4.69) is 0 Å². The molecule has 0 amide bonds. The van der Waals surface area contributed by atoms with Gasteiger partial charge in [0.15, 0.2) is 0 Å². The lowest BCUT2D eigenvalue weighted by Gasteiger charge is -2.09. The van der Waals surface area contributed by atoms with Crippen LogP contribution in [0.4, 0.5) is 4.39 Å². The van der Waals surface area contributed by atoms with Crippen molar-refractivity contribution in [3.8, 4) is 0 Å². The van der Waals surface area contributed by atoms with Crippen LogP contribution in [0, 0.1) is 5.82 Å². The van der Waals surface area contributed by atoms with E-state index in [-0.39, 0.29) is 5.82 Å². The lowest BCUT2D eigenvalue weighted by atomic mass is 10.1. The summed E-state index contributed by atoms with van der Waals surface area (Å²) in [5.74, 6) is 0.512. The van der Waals surface area contributed by atoms with Gasteiger partial charge in [-0.25, -0.2) is 4.39 Å². The minimum atomic E-state index is -0.241. The molecule has 0 unspecified atom stereocenters. The van der Waals surface area contributed by atoms with E-state index >= 15 is 0 Å². The monoisotopic (exact) mass is 242 g/mol. The SMILES string of the molecule is CCO/C(=C/c1ccccc1)c1ccc(F)cc1. The highest BCUT2D eigenvalue weighted by atomic mass is 19.1. The van der Waals surface area contributed by atoms with Gasteiger partial charge < -0.3 is 4.74 Å². The molecule has 2 aromatic carbocycles. The Morgan fingerprint density at radius 1 is 1.06 bits per heavy atom. The summed E-state index contributed by atoms with van der Waals surface area (Å²) in [5, 5.41) is 0. The van der Waals surface area contributed by atoms with Gasteiger partial charge in [-0.1, -0.05) is 30.3 Å². The van der Waals surface area contributed by atoms with Crippen LogP contribution in [0.3, 0.4) is 0 Å². The Hall–Kier alpha value is -2.09. The summed E-state index contributed by atoms with van der Waals surface area (Å²) in [4.78, 5) is 0. The van der Waals surface area contributed by atoms with Crippen molar-refractivity contribution in [1.29, 1.82) is 0 Å². The fraction of sp³-hybridized carbons (Fsp3) is 0.125. The quantitative estimate of drug-likeness (QED) is 0.571. The highest BCUT2D eigenvalue weighted by Crippen LogP contribution is 2.19. The predicted molar refractivity (Wildman–Crippen MR) is 72.3 cm³/mol. The van der Waals surface area contributed by atoms with Crippen LogP contribution in [-0.2, 0) is 4.74 Å². The maximum absolute atomic E-state index is 12.9. The number of rotatable bonds is 4. The smallest absolute Gasteiger partial charge is 0.127 e. The van der Waals surface area contributed by atoms with Crippen LogP contribution >= 0.6 is 0 Å². The highest BCUT2D eigenvalue weighted by molar-refractivity contribution is 5.77. The average Bonchev–Trinajstić information content (AvgIpc) is 2.40. The standard InChI is InChI=1S/C16H15FO/c1-2-18-16(12-13-6-4-3-5-7-13)14-8-10-15(17)11-9-14/h3-12H,2H2,1H3/b16-12+. The van der Waals surface area contributed by atoms with Crippen molar-refractivity contribution in [3.05, 3.63) is 71.5 Å². The molecule has 0 aliphatic heterocycles. The summed E-state index contributed by atoms with van der Waals surface area (Å²) in [6.07, 6.45) is 1.96. The maximum atomic E-state index is 12.9. The van der Waals surface area contributed by atoms with E-state index in [4.69, 9.17) is 4.74 Å². The van der Waals surface area contributed by atoms with Gasteiger partial charge in [-0.15, -0.1) is 0 Å². The first-order valence-electron chi connectivity index (χ1n) is 5.95. The molecule has 0 spiro atoms. The second-order valence-electron chi connectivity index (χ2n) is 3.86. The fourth-order valence-electron chi connectivity index (χ4n) is 1.68. The van der Waals surface area contributed by atoms with Crippen molar-refractivity contribution >= 4 is 11.8 Å². The zero-order valence-corrected chi connectivity index (χ0v) is 10.3. The molecule has 18 heavy (non-hydrogen) atoms. The topological polar surface area (TPSA) is 9.23 Å². The molecule has 2 aromatic rings. The van der Waals surface area contributed by atoms with E-state index in [1.54, 1.807) is 12.1 Å². The second-order valence-corrected chi connectivity index (χ2v) is 3.86. The van der Waals surface area contributed by atoms with E-state index in [9.17, 15) is 4.39 Å². The molecular formula is C16H15FO. The van der Waals surface area contributed by atoms with Crippen LogP contribution in [0.15, 0.2) is 54.6 Å². The minimum Gasteiger partial charge on any atom is -0.493 e. The van der Waals surface area contributed by atoms with Crippen LogP contribution in [0.1, 0.15) is 18.1 Å². The average molecular weight is 242 g/mol. The highest BCUT2D eigenvalue weighted by Gasteiger charge is 2.02. The van der Waals surface area contributed by atoms with E-state index in [1.807, 2.05) is 43.3 Å². The molecule has 0 saturated carbocycles. The number of benzene rings is 2. The zero-order chi connectivity index (χ0) is 12.8. The summed E-state index contributed by atoms with van der Waals surface area (Å²) in [7, 11) is 0. The van der Waals surface area contributed by atoms with Crippen LogP contribution in [0.2, 0.25) is 0 Å². The van der Waals surface area contributed by atoms with E-state index in [0.29, 0.717) is 6.61 Å². The molecule has 0 fully saturated rings. The molecule has 0 atom stereocenters. The van der Waals surface area contributed by atoms with Gasteiger partial charge in [-0.3, -0.25) is 0 Å². The third-order valence-electron chi connectivity index (χ3n) is 2.53.